The number of primary amides is 1. The van der Waals surface area contributed by atoms with Crippen molar-refractivity contribution in [2.24, 2.45) is 29.2 Å². The minimum Gasteiger partial charge on any atom is -0.508 e. The van der Waals surface area contributed by atoms with E-state index in [0.29, 0.717) is 38.0 Å². The fourth-order valence-electron chi connectivity index (χ4n) is 17.1. The summed E-state index contributed by atoms with van der Waals surface area (Å²) in [6, 6.07) is -0.679. The van der Waals surface area contributed by atoms with E-state index in [1.165, 1.54) is 39.1 Å². The van der Waals surface area contributed by atoms with Crippen LogP contribution in [-0.4, -0.2) is 273 Å². The molecule has 44 heteroatoms. The van der Waals surface area contributed by atoms with E-state index < -0.39 is 273 Å². The van der Waals surface area contributed by atoms with Crippen molar-refractivity contribution in [3.63, 3.8) is 0 Å². The molecule has 42 nitrogen and oxygen atoms in total. The number of carbonyl (C=O) groups excluding carboxylic acids is 8. The van der Waals surface area contributed by atoms with Gasteiger partial charge in [0.15, 0.2) is 29.9 Å². The lowest BCUT2D eigenvalue weighted by atomic mass is 9.85. The number of nitrogens with one attached hydrogen (secondary N) is 7. The van der Waals surface area contributed by atoms with Crippen molar-refractivity contribution < 1.29 is 162 Å². The molecule has 4 saturated heterocycles. The number of aliphatic carboxylic acids is 2. The van der Waals surface area contributed by atoms with E-state index in [1.54, 1.807) is 13.8 Å². The number of aliphatic hydroxyl groups is 9. The van der Waals surface area contributed by atoms with Crippen molar-refractivity contribution in [2.75, 3.05) is 26.9 Å². The van der Waals surface area contributed by atoms with Crippen LogP contribution in [0.2, 0.25) is 10.0 Å². The Kier molecular flexibility index (Phi) is 35.9. The van der Waals surface area contributed by atoms with E-state index in [9.17, 15) is 99.9 Å². The highest BCUT2D eigenvalue weighted by Crippen LogP contribution is 2.51. The maximum Gasteiger partial charge on any atom is 0.330 e. The summed E-state index contributed by atoms with van der Waals surface area (Å²) in [5.74, 6) is -17.4. The first kappa shape index (κ1) is 106. The molecule has 0 spiro atoms. The number of unbranched alkanes of at least 4 members (excludes halogenated alkanes) is 5. The second kappa shape index (κ2) is 46.2. The van der Waals surface area contributed by atoms with Crippen LogP contribution in [0.15, 0.2) is 90.5 Å². The summed E-state index contributed by atoms with van der Waals surface area (Å²) in [5, 5.41) is 170. The molecule has 0 saturated carbocycles. The molecular formula is C92H119Cl2N9O33. The average molecular weight is 1950 g/mol. The predicted molar refractivity (Wildman–Crippen MR) is 478 cm³/mol. The van der Waals surface area contributed by atoms with E-state index >= 15 is 14.4 Å². The number of hydrogen-bond acceptors (Lipinski definition) is 33. The predicted octanol–water partition coefficient (Wildman–Crippen LogP) is 2.70. The number of rotatable bonds is 29. The zero-order chi connectivity index (χ0) is 99.5. The van der Waals surface area contributed by atoms with E-state index in [-0.39, 0.29) is 76.7 Å². The van der Waals surface area contributed by atoms with Gasteiger partial charge in [0.05, 0.1) is 85.1 Å². The number of nitrogens with two attached hydrogens (primary N) is 2. The fourth-order valence-corrected chi connectivity index (χ4v) is 17.5. The Hall–Kier alpha value is -10.7. The quantitative estimate of drug-likeness (QED) is 0.0142. The number of epoxide rings is 1. The van der Waals surface area contributed by atoms with Crippen LogP contribution in [0.4, 0.5) is 0 Å². The van der Waals surface area contributed by atoms with E-state index in [4.69, 9.17) is 82.4 Å². The standard InChI is InChI=1S/C66H75Cl2N9O24.C26H44O9/c1-23(2)12-34(71-5)58(88)76-49-51(83)26-7-10-38(32(67)14-26)97-40-16-28-17-41(55(40)101-65-56(54(86)53(85)42(22-78)99-65)100-44-21-66(4,70)57(87)24(3)96-44)98-39-11-8-27(15-33(39)68)52(84)50-63(93)75-48(64(94)95)31-18-29(79)19-37(81)45(31)30-13-25(6-9-36(30)80)46(60(90)77-50)74-61(91)47(28)73-59(89)35(20-43(69)82)72-62(49)92;1-16(13-23(30)33-11-9-7-5-4-6-8-10-22(28)29)12-20-25(32)24(31)19(15-34-20)14-21-26(35-21)17(2)18(3)27/h6-11,13-19,23-24,34-35,42,44,46-54,56-57,65,71,78-81,83-87H,12,20-22,70H2,1-5H3,(H2,69,82)(H,72,92)(H,73,89)(H,74,91)(H,75,93)(H,76,88)(H,77,90)(H,94,95);13,17-21,24-27,31-32H,4-12,14-15H2,1-3H3,(H,28,29)/b;16-13+/t24-,34+,35-,42+,44-,46+,47+,48-,49+,50-,51+,52+,53+,54-,56+,57+,65?,66-;17-,18-,19-,20-,21-,24+,25-,26-/m00/s1. The molecule has 744 valence electrons. The molecule has 7 amide bonds. The molecule has 4 fully saturated rings. The number of aliphatic hydroxyl groups excluding tert-OH is 9. The Bertz CT molecular complexity index is 5200. The van der Waals surface area contributed by atoms with Crippen molar-refractivity contribution in [1.29, 1.82) is 0 Å². The highest BCUT2D eigenvalue weighted by Gasteiger charge is 2.53. The Morgan fingerprint density at radius 3 is 1.88 bits per heavy atom. The van der Waals surface area contributed by atoms with Crippen LogP contribution in [-0.2, 0) is 76.4 Å². The molecule has 0 aliphatic carbocycles. The third kappa shape index (κ3) is 26.0. The van der Waals surface area contributed by atoms with Crippen LogP contribution in [0.25, 0.3) is 11.1 Å². The molecule has 0 aromatic heterocycles. The van der Waals surface area contributed by atoms with Crippen LogP contribution in [0.3, 0.4) is 0 Å². The number of carboxylic acids is 2. The lowest BCUT2D eigenvalue weighted by Crippen LogP contribution is -2.64. The minimum atomic E-state index is -2.35. The van der Waals surface area contributed by atoms with Gasteiger partial charge in [-0.25, -0.2) is 9.59 Å². The van der Waals surface area contributed by atoms with Gasteiger partial charge in [0.25, 0.3) is 0 Å². The Morgan fingerprint density at radius 1 is 0.662 bits per heavy atom. The number of amides is 7. The number of benzene rings is 5. The molecule has 11 bridgehead atoms. The van der Waals surface area contributed by atoms with Crippen molar-refractivity contribution in [3.05, 3.63) is 128 Å². The zero-order valence-corrected chi connectivity index (χ0v) is 77.1. The summed E-state index contributed by atoms with van der Waals surface area (Å²) in [6.45, 7) is 11.7. The third-order valence-electron chi connectivity index (χ3n) is 24.9. The number of esters is 1. The van der Waals surface area contributed by atoms with Gasteiger partial charge >= 0.3 is 17.9 Å². The minimum absolute atomic E-state index is 0.0160. The molecule has 26 atom stereocenters. The average Bonchev–Trinajstić information content (AvgIpc) is 1.19. The molecule has 5 aromatic carbocycles. The topological polar surface area (TPSA) is 677 Å². The van der Waals surface area contributed by atoms with Gasteiger partial charge in [0.1, 0.15) is 95.6 Å². The molecule has 14 rings (SSSR count). The van der Waals surface area contributed by atoms with Crippen molar-refractivity contribution in [2.45, 2.75) is 271 Å². The number of likely N-dealkylation sites (N-methyl/N-ethyl adjacent to an activating group) is 1. The zero-order valence-electron chi connectivity index (χ0n) is 75.6. The molecule has 25 N–H and O–H groups in total. The second-order valence-electron chi connectivity index (χ2n) is 35.9. The Labute approximate surface area is 790 Å². The number of phenols is 3. The first-order chi connectivity index (χ1) is 64.3. The van der Waals surface area contributed by atoms with Crippen LogP contribution in [0, 0.1) is 17.8 Å². The van der Waals surface area contributed by atoms with Gasteiger partial charge in [-0.2, -0.15) is 0 Å². The normalized spacial score (nSPS) is 29.7. The van der Waals surface area contributed by atoms with Gasteiger partial charge in [-0.15, -0.1) is 0 Å². The first-order valence-electron chi connectivity index (χ1n) is 44.6. The van der Waals surface area contributed by atoms with Gasteiger partial charge in [-0.1, -0.05) is 93.4 Å². The van der Waals surface area contributed by atoms with Gasteiger partial charge < -0.3 is 163 Å². The smallest absolute Gasteiger partial charge is 0.330 e. The Morgan fingerprint density at radius 2 is 1.27 bits per heavy atom. The molecule has 5 aromatic rings. The number of hydrogen-bond donors (Lipinski definition) is 23. The summed E-state index contributed by atoms with van der Waals surface area (Å²) in [5.41, 5.74) is 8.71. The molecule has 9 aliphatic heterocycles. The van der Waals surface area contributed by atoms with Gasteiger partial charge in [-0.05, 0) is 150 Å². The maximum absolute atomic E-state index is 16.0. The first-order valence-corrected chi connectivity index (χ1v) is 45.3. The van der Waals surface area contributed by atoms with E-state index in [2.05, 4.69) is 37.2 Å². The van der Waals surface area contributed by atoms with Crippen molar-refractivity contribution in [1.82, 2.24) is 37.2 Å². The van der Waals surface area contributed by atoms with Gasteiger partial charge in [0, 0.05) is 59.0 Å². The Balaban J connectivity index is 0.000000426. The number of aromatic hydroxyl groups is 3. The lowest BCUT2D eigenvalue weighted by Gasteiger charge is -2.47. The number of halogens is 2. The van der Waals surface area contributed by atoms with Crippen LogP contribution in [0.1, 0.15) is 184 Å². The number of carbonyl (C=O) groups is 10. The van der Waals surface area contributed by atoms with Crippen LogP contribution >= 0.6 is 23.2 Å². The summed E-state index contributed by atoms with van der Waals surface area (Å²) >= 11 is 14.1. The number of carboxylic acid groups (broad SMARTS) is 2. The highest BCUT2D eigenvalue weighted by atomic mass is 35.5. The van der Waals surface area contributed by atoms with Gasteiger partial charge in [0.2, 0.25) is 53.4 Å². The summed E-state index contributed by atoms with van der Waals surface area (Å²) in [4.78, 5) is 139. The van der Waals surface area contributed by atoms with Gasteiger partial charge in [-0.3, -0.25) is 38.4 Å². The largest absolute Gasteiger partial charge is 0.508 e. The summed E-state index contributed by atoms with van der Waals surface area (Å²) < 4.78 is 55.0. The molecule has 9 heterocycles. The van der Waals surface area contributed by atoms with Crippen LogP contribution in [0.5, 0.6) is 46.0 Å². The number of fused-ring (bicyclic) bond motifs is 15. The SMILES string of the molecule is C/C(=C\C(=O)OCCCCCCCCC(=O)O)C[C@@H]1OC[C@H](C[C@@H]2O[C@H]2[C@@H](C)[C@H](C)O)[C@@H](O)[C@H]1O.CN[C@H](CC(C)C)C(=O)N[C@H]1C(=O)N[C@@H](CC(N)=O)C(=O)N[C@H]2C(=O)N[C@H]3C(=O)N[C@H](C(=O)N[C@H](C(=O)O)c4cc(O)cc(O)c4-c4cc3ccc4O)[C@H](O)c3ccc(c(Cl)c3)Oc3cc2cc(c3OC2O[C@H](CO)[C@@H](O)[C@H](O)[C@H]2O[C@H]2C[C@](C)(N)[C@H](O)[C@H](C)O2)Oc2ccc(cc2Cl)[C@H]1O. The van der Waals surface area contributed by atoms with E-state index in [0.717, 1.165) is 98.8 Å². The van der Waals surface area contributed by atoms with E-state index in [1.807, 2.05) is 20.8 Å². The third-order valence-corrected chi connectivity index (χ3v) is 25.5. The van der Waals surface area contributed by atoms with Crippen LogP contribution < -0.4 is 62.9 Å². The molecular weight excluding hydrogens is 1830 g/mol. The monoisotopic (exact) mass is 1950 g/mol. The number of ether oxygens (including phenoxy) is 9. The summed E-state index contributed by atoms with van der Waals surface area (Å²) in [6.07, 6.45) is -13.9. The fraction of sp³-hybridized carbons (Fsp3) is 0.543. The maximum atomic E-state index is 16.0. The molecule has 136 heavy (non-hydrogen) atoms. The van der Waals surface area contributed by atoms with Crippen molar-refractivity contribution >= 4 is 82.5 Å². The summed E-state index contributed by atoms with van der Waals surface area (Å²) in [7, 11) is 1.47. The molecule has 9 aliphatic rings. The highest BCUT2D eigenvalue weighted by molar-refractivity contribution is 6.32. The van der Waals surface area contributed by atoms with Crippen molar-refractivity contribution in [3.8, 4) is 57.1 Å². The number of phenolic OH excluding ortho intramolecular Hbond substituents is 3. The molecule has 1 unspecified atom stereocenters. The molecule has 0 radical (unpaired) electrons. The lowest BCUT2D eigenvalue weighted by molar-refractivity contribution is -0.333. The second-order valence-corrected chi connectivity index (χ2v) is 36.7.